The SMILES string of the molecule is CC(C)NCC(Cc1ccc(Cl)s1)c1cccc(Br)c1. The highest BCUT2D eigenvalue weighted by atomic mass is 79.9. The van der Waals surface area contributed by atoms with Gasteiger partial charge in [-0.3, -0.25) is 0 Å². The summed E-state index contributed by atoms with van der Waals surface area (Å²) in [6.45, 7) is 5.34. The first-order chi connectivity index (χ1) is 9.54. The van der Waals surface area contributed by atoms with E-state index in [0.717, 1.165) is 21.8 Å². The molecule has 1 aromatic heterocycles. The summed E-state index contributed by atoms with van der Waals surface area (Å²) in [6, 6.07) is 13.2. The van der Waals surface area contributed by atoms with Gasteiger partial charge in [-0.25, -0.2) is 0 Å². The molecule has 0 spiro atoms. The highest BCUT2D eigenvalue weighted by Crippen LogP contribution is 2.28. The van der Waals surface area contributed by atoms with Crippen molar-refractivity contribution in [3.05, 3.63) is 55.6 Å². The Balaban J connectivity index is 2.15. The molecular formula is C16H19BrClNS. The van der Waals surface area contributed by atoms with Crippen LogP contribution in [0.2, 0.25) is 4.34 Å². The number of benzene rings is 1. The maximum Gasteiger partial charge on any atom is 0.0931 e. The Hall–Kier alpha value is -0.350. The van der Waals surface area contributed by atoms with Crippen molar-refractivity contribution in [3.63, 3.8) is 0 Å². The van der Waals surface area contributed by atoms with E-state index in [0.29, 0.717) is 12.0 Å². The van der Waals surface area contributed by atoms with Crippen molar-refractivity contribution >= 4 is 38.9 Å². The molecule has 2 rings (SSSR count). The zero-order valence-corrected chi connectivity index (χ0v) is 14.9. The van der Waals surface area contributed by atoms with E-state index in [9.17, 15) is 0 Å². The second-order valence-corrected chi connectivity index (χ2v) is 7.94. The van der Waals surface area contributed by atoms with Crippen LogP contribution in [0.15, 0.2) is 40.9 Å². The largest absolute Gasteiger partial charge is 0.314 e. The maximum atomic E-state index is 6.04. The smallest absolute Gasteiger partial charge is 0.0931 e. The number of hydrogen-bond acceptors (Lipinski definition) is 2. The normalized spacial score (nSPS) is 12.8. The van der Waals surface area contributed by atoms with Crippen LogP contribution in [-0.4, -0.2) is 12.6 Å². The summed E-state index contributed by atoms with van der Waals surface area (Å²) in [5.41, 5.74) is 1.36. The van der Waals surface area contributed by atoms with Crippen molar-refractivity contribution in [2.24, 2.45) is 0 Å². The lowest BCUT2D eigenvalue weighted by Gasteiger charge is -2.19. The fraction of sp³-hybridized carbons (Fsp3) is 0.375. The summed E-state index contributed by atoms with van der Waals surface area (Å²) in [5.74, 6) is 0.463. The number of halogens is 2. The van der Waals surface area contributed by atoms with Gasteiger partial charge in [0, 0.05) is 27.9 Å². The Kier molecular flexibility index (Phi) is 6.09. The topological polar surface area (TPSA) is 12.0 Å². The van der Waals surface area contributed by atoms with Gasteiger partial charge in [0.1, 0.15) is 0 Å². The molecule has 0 bridgehead atoms. The minimum absolute atomic E-state index is 0.463. The van der Waals surface area contributed by atoms with Crippen LogP contribution >= 0.6 is 38.9 Å². The zero-order valence-electron chi connectivity index (χ0n) is 11.7. The van der Waals surface area contributed by atoms with Gasteiger partial charge < -0.3 is 5.32 Å². The molecule has 0 radical (unpaired) electrons. The molecule has 0 aliphatic rings. The molecule has 20 heavy (non-hydrogen) atoms. The number of hydrogen-bond donors (Lipinski definition) is 1. The van der Waals surface area contributed by atoms with E-state index in [4.69, 9.17) is 11.6 Å². The zero-order chi connectivity index (χ0) is 14.5. The van der Waals surface area contributed by atoms with Crippen LogP contribution in [0.1, 0.15) is 30.2 Å². The summed E-state index contributed by atoms with van der Waals surface area (Å²) in [4.78, 5) is 1.34. The van der Waals surface area contributed by atoms with Crippen molar-refractivity contribution < 1.29 is 0 Å². The van der Waals surface area contributed by atoms with Crippen molar-refractivity contribution in [2.45, 2.75) is 32.2 Å². The van der Waals surface area contributed by atoms with E-state index in [1.165, 1.54) is 10.4 Å². The molecule has 0 saturated carbocycles. The van der Waals surface area contributed by atoms with Gasteiger partial charge in [-0.1, -0.05) is 53.5 Å². The number of thiophene rings is 1. The van der Waals surface area contributed by atoms with Crippen LogP contribution < -0.4 is 5.32 Å². The quantitative estimate of drug-likeness (QED) is 0.707. The number of nitrogens with one attached hydrogen (secondary N) is 1. The third-order valence-corrected chi connectivity index (χ3v) is 4.92. The molecule has 1 unspecified atom stereocenters. The summed E-state index contributed by atoms with van der Waals surface area (Å²) >= 11 is 11.3. The molecule has 0 saturated heterocycles. The Labute approximate surface area is 138 Å². The average molecular weight is 373 g/mol. The molecule has 0 aliphatic carbocycles. The molecule has 0 amide bonds. The van der Waals surface area contributed by atoms with E-state index in [1.807, 2.05) is 6.07 Å². The number of rotatable bonds is 6. The van der Waals surface area contributed by atoms with Crippen LogP contribution in [-0.2, 0) is 6.42 Å². The second-order valence-electron chi connectivity index (χ2n) is 5.22. The van der Waals surface area contributed by atoms with Gasteiger partial charge in [0.2, 0.25) is 0 Å². The van der Waals surface area contributed by atoms with Gasteiger partial charge in [0.05, 0.1) is 4.34 Å². The Morgan fingerprint density at radius 2 is 2.05 bits per heavy atom. The summed E-state index contributed by atoms with van der Waals surface area (Å²) < 4.78 is 2.00. The molecule has 2 aromatic rings. The summed E-state index contributed by atoms with van der Waals surface area (Å²) in [5, 5.41) is 3.55. The molecule has 0 fully saturated rings. The first-order valence-corrected chi connectivity index (χ1v) is 8.76. The second kappa shape index (κ2) is 7.60. The highest BCUT2D eigenvalue weighted by Gasteiger charge is 2.14. The van der Waals surface area contributed by atoms with Gasteiger partial charge in [-0.05, 0) is 36.2 Å². The van der Waals surface area contributed by atoms with Gasteiger partial charge in [-0.15, -0.1) is 11.3 Å². The summed E-state index contributed by atoms with van der Waals surface area (Å²) in [6.07, 6.45) is 1.02. The molecule has 4 heteroatoms. The average Bonchev–Trinajstić information content (AvgIpc) is 2.80. The van der Waals surface area contributed by atoms with Gasteiger partial charge >= 0.3 is 0 Å². The molecule has 1 heterocycles. The minimum Gasteiger partial charge on any atom is -0.314 e. The lowest BCUT2D eigenvalue weighted by atomic mass is 9.94. The lowest BCUT2D eigenvalue weighted by Crippen LogP contribution is -2.28. The fourth-order valence-corrected chi connectivity index (χ4v) is 3.74. The maximum absolute atomic E-state index is 6.04. The van der Waals surface area contributed by atoms with Crippen molar-refractivity contribution in [1.82, 2.24) is 5.32 Å². The monoisotopic (exact) mass is 371 g/mol. The predicted molar refractivity (Wildman–Crippen MR) is 93.1 cm³/mol. The molecular weight excluding hydrogens is 354 g/mol. The lowest BCUT2D eigenvalue weighted by molar-refractivity contribution is 0.528. The van der Waals surface area contributed by atoms with Gasteiger partial charge in [0.25, 0.3) is 0 Å². The van der Waals surface area contributed by atoms with Crippen LogP contribution in [0.3, 0.4) is 0 Å². The third-order valence-electron chi connectivity index (χ3n) is 3.17. The summed E-state index contributed by atoms with van der Waals surface area (Å²) in [7, 11) is 0. The van der Waals surface area contributed by atoms with E-state index in [2.05, 4.69) is 65.4 Å². The molecule has 1 N–H and O–H groups in total. The van der Waals surface area contributed by atoms with Gasteiger partial charge in [-0.2, -0.15) is 0 Å². The Morgan fingerprint density at radius 3 is 2.65 bits per heavy atom. The first-order valence-electron chi connectivity index (χ1n) is 6.77. The predicted octanol–water partition coefficient (Wildman–Crippen LogP) is 5.49. The van der Waals surface area contributed by atoms with Crippen molar-refractivity contribution in [1.29, 1.82) is 0 Å². The standard InChI is InChI=1S/C16H19BrClNS/c1-11(2)19-10-13(9-15-6-7-16(18)20-15)12-4-3-5-14(17)8-12/h3-8,11,13,19H,9-10H2,1-2H3. The van der Waals surface area contributed by atoms with E-state index in [1.54, 1.807) is 11.3 Å². The Bertz CT molecular complexity index is 553. The van der Waals surface area contributed by atoms with Crippen LogP contribution in [0.25, 0.3) is 0 Å². The van der Waals surface area contributed by atoms with Gasteiger partial charge in [0.15, 0.2) is 0 Å². The minimum atomic E-state index is 0.463. The van der Waals surface area contributed by atoms with Crippen LogP contribution in [0, 0.1) is 0 Å². The van der Waals surface area contributed by atoms with Crippen LogP contribution in [0.4, 0.5) is 0 Å². The molecule has 108 valence electrons. The molecule has 1 nitrogen and oxygen atoms in total. The molecule has 1 atom stereocenters. The van der Waals surface area contributed by atoms with E-state index in [-0.39, 0.29) is 0 Å². The van der Waals surface area contributed by atoms with E-state index >= 15 is 0 Å². The fourth-order valence-electron chi connectivity index (χ4n) is 2.15. The third kappa shape index (κ3) is 4.88. The van der Waals surface area contributed by atoms with Crippen LogP contribution in [0.5, 0.6) is 0 Å². The molecule has 0 aliphatic heterocycles. The highest BCUT2D eigenvalue weighted by molar-refractivity contribution is 9.10. The molecule has 1 aromatic carbocycles. The van der Waals surface area contributed by atoms with Crippen molar-refractivity contribution in [2.75, 3.05) is 6.54 Å². The Morgan fingerprint density at radius 1 is 1.25 bits per heavy atom. The van der Waals surface area contributed by atoms with E-state index < -0.39 is 0 Å². The van der Waals surface area contributed by atoms with Crippen molar-refractivity contribution in [3.8, 4) is 0 Å². The first kappa shape index (κ1) is 16.0.